The summed E-state index contributed by atoms with van der Waals surface area (Å²) in [6.07, 6.45) is 0. The number of benzene rings is 1. The molecule has 0 heterocycles. The van der Waals surface area contributed by atoms with Gasteiger partial charge in [0.05, 0.1) is 12.4 Å². The molecule has 0 unspecified atom stereocenters. The summed E-state index contributed by atoms with van der Waals surface area (Å²) in [5, 5.41) is 0. The van der Waals surface area contributed by atoms with Crippen LogP contribution in [0.15, 0.2) is 24.3 Å². The molecule has 0 atom stereocenters. The largest absolute Gasteiger partial charge is 0.491 e. The van der Waals surface area contributed by atoms with E-state index >= 15 is 0 Å². The summed E-state index contributed by atoms with van der Waals surface area (Å²) in [6.45, 7) is 1.17. The van der Waals surface area contributed by atoms with Gasteiger partial charge in [-0.1, -0.05) is 11.8 Å². The monoisotopic (exact) mass is 222 g/mol. The number of hydrogen-bond donors (Lipinski definition) is 1. The highest BCUT2D eigenvalue weighted by molar-refractivity contribution is 7.80. The Bertz CT molecular complexity index is 335. The molecule has 1 rings (SSSR count). The molecule has 3 heteroatoms. The van der Waals surface area contributed by atoms with Gasteiger partial charge in [-0.05, 0) is 24.3 Å². The number of thiol groups is 1. The predicted molar refractivity (Wildman–Crippen MR) is 64.5 cm³/mol. The van der Waals surface area contributed by atoms with Gasteiger partial charge in [0.15, 0.2) is 0 Å². The minimum Gasteiger partial charge on any atom is -0.491 e. The van der Waals surface area contributed by atoms with Crippen LogP contribution in [0.4, 0.5) is 0 Å². The van der Waals surface area contributed by atoms with Gasteiger partial charge in [-0.3, -0.25) is 0 Å². The van der Waals surface area contributed by atoms with Gasteiger partial charge >= 0.3 is 0 Å². The molecule has 0 bridgehead atoms. The van der Waals surface area contributed by atoms with E-state index in [9.17, 15) is 0 Å². The number of ether oxygens (including phenoxy) is 2. The number of methoxy groups -OCH3 is 1. The van der Waals surface area contributed by atoms with E-state index in [0.717, 1.165) is 11.3 Å². The summed E-state index contributed by atoms with van der Waals surface area (Å²) in [7, 11) is 1.65. The van der Waals surface area contributed by atoms with E-state index in [4.69, 9.17) is 9.47 Å². The quantitative estimate of drug-likeness (QED) is 0.477. The lowest BCUT2D eigenvalue weighted by atomic mass is 10.2. The van der Waals surface area contributed by atoms with Gasteiger partial charge in [-0.25, -0.2) is 0 Å². The zero-order chi connectivity index (χ0) is 10.9. The Balaban J connectivity index is 2.49. The molecule has 0 aromatic heterocycles. The van der Waals surface area contributed by atoms with Crippen molar-refractivity contribution in [1.82, 2.24) is 0 Å². The lowest BCUT2D eigenvalue weighted by Crippen LogP contribution is -2.03. The molecule has 15 heavy (non-hydrogen) atoms. The average Bonchev–Trinajstić information content (AvgIpc) is 2.28. The molecule has 0 aliphatic carbocycles. The van der Waals surface area contributed by atoms with Gasteiger partial charge in [-0.2, -0.15) is 12.6 Å². The maximum atomic E-state index is 5.42. The lowest BCUT2D eigenvalue weighted by Gasteiger charge is -2.04. The van der Waals surface area contributed by atoms with Crippen molar-refractivity contribution in [1.29, 1.82) is 0 Å². The van der Waals surface area contributed by atoms with Gasteiger partial charge in [0.25, 0.3) is 0 Å². The van der Waals surface area contributed by atoms with E-state index in [1.807, 2.05) is 24.3 Å². The van der Waals surface area contributed by atoms with Gasteiger partial charge in [0.1, 0.15) is 12.4 Å². The summed E-state index contributed by atoms with van der Waals surface area (Å²) in [5.41, 5.74) is 0.975. The minimum absolute atomic E-state index is 0.568. The molecule has 1 aromatic carbocycles. The van der Waals surface area contributed by atoms with Crippen LogP contribution in [-0.2, 0) is 4.74 Å². The van der Waals surface area contributed by atoms with E-state index in [0.29, 0.717) is 19.0 Å². The van der Waals surface area contributed by atoms with Gasteiger partial charge in [-0.15, -0.1) is 0 Å². The van der Waals surface area contributed by atoms with Crippen LogP contribution in [0.5, 0.6) is 5.75 Å². The molecular formula is C12H14O2S. The third-order valence-electron chi connectivity index (χ3n) is 1.72. The smallest absolute Gasteiger partial charge is 0.119 e. The zero-order valence-corrected chi connectivity index (χ0v) is 9.59. The van der Waals surface area contributed by atoms with Gasteiger partial charge in [0.2, 0.25) is 0 Å². The van der Waals surface area contributed by atoms with Crippen molar-refractivity contribution in [3.8, 4) is 17.6 Å². The molecule has 1 aromatic rings. The Kier molecular flexibility index (Phi) is 5.76. The van der Waals surface area contributed by atoms with Crippen LogP contribution >= 0.6 is 12.6 Å². The van der Waals surface area contributed by atoms with Crippen LogP contribution in [0.2, 0.25) is 0 Å². The van der Waals surface area contributed by atoms with Crippen molar-refractivity contribution in [3.63, 3.8) is 0 Å². The second-order valence-electron chi connectivity index (χ2n) is 2.83. The van der Waals surface area contributed by atoms with Crippen LogP contribution in [0, 0.1) is 11.8 Å². The third kappa shape index (κ3) is 4.78. The summed E-state index contributed by atoms with van der Waals surface area (Å²) in [5.74, 6) is 7.28. The highest BCUT2D eigenvalue weighted by atomic mass is 32.1. The lowest BCUT2D eigenvalue weighted by molar-refractivity contribution is 0.146. The highest BCUT2D eigenvalue weighted by Gasteiger charge is 1.92. The number of hydrogen-bond acceptors (Lipinski definition) is 3. The van der Waals surface area contributed by atoms with Gasteiger partial charge < -0.3 is 9.47 Å². The third-order valence-corrected chi connectivity index (χ3v) is 1.88. The first-order chi connectivity index (χ1) is 7.36. The van der Waals surface area contributed by atoms with Crippen LogP contribution < -0.4 is 4.74 Å². The topological polar surface area (TPSA) is 18.5 Å². The van der Waals surface area contributed by atoms with E-state index in [-0.39, 0.29) is 0 Å². The molecule has 0 saturated carbocycles. The summed E-state index contributed by atoms with van der Waals surface area (Å²) in [6, 6.07) is 7.66. The first-order valence-corrected chi connectivity index (χ1v) is 5.31. The minimum atomic E-state index is 0.568. The Labute approximate surface area is 96.0 Å². The van der Waals surface area contributed by atoms with Crippen molar-refractivity contribution in [2.45, 2.75) is 0 Å². The molecule has 0 fully saturated rings. The standard InChI is InChI=1S/C12H14O2S/c1-13-8-9-14-12-6-4-11(5-7-12)3-2-10-15/h4-7,15H,8-10H2,1H3. The zero-order valence-electron chi connectivity index (χ0n) is 8.69. The fourth-order valence-electron chi connectivity index (χ4n) is 1.02. The fraction of sp³-hybridized carbons (Fsp3) is 0.333. The second kappa shape index (κ2) is 7.22. The van der Waals surface area contributed by atoms with Crippen molar-refractivity contribution >= 4 is 12.6 Å². The fourth-order valence-corrected chi connectivity index (χ4v) is 1.10. The molecule has 80 valence electrons. The molecule has 0 spiro atoms. The Morgan fingerprint density at radius 2 is 1.93 bits per heavy atom. The van der Waals surface area contributed by atoms with E-state index in [1.165, 1.54) is 0 Å². The second-order valence-corrected chi connectivity index (χ2v) is 3.14. The van der Waals surface area contributed by atoms with Crippen LogP contribution in [0.25, 0.3) is 0 Å². The molecule has 0 radical (unpaired) electrons. The molecule has 2 nitrogen and oxygen atoms in total. The van der Waals surface area contributed by atoms with Gasteiger partial charge in [0, 0.05) is 12.7 Å². The van der Waals surface area contributed by atoms with Crippen LogP contribution in [0.1, 0.15) is 5.56 Å². The summed E-state index contributed by atoms with van der Waals surface area (Å²) < 4.78 is 10.3. The Morgan fingerprint density at radius 3 is 2.53 bits per heavy atom. The summed E-state index contributed by atoms with van der Waals surface area (Å²) >= 11 is 4.02. The molecule has 0 amide bonds. The Hall–Kier alpha value is -1.11. The molecule has 0 aliphatic heterocycles. The first-order valence-electron chi connectivity index (χ1n) is 4.68. The van der Waals surface area contributed by atoms with Crippen LogP contribution in [-0.4, -0.2) is 26.1 Å². The average molecular weight is 222 g/mol. The Morgan fingerprint density at radius 1 is 1.20 bits per heavy atom. The molecule has 0 saturated heterocycles. The van der Waals surface area contributed by atoms with Crippen LogP contribution in [0.3, 0.4) is 0 Å². The highest BCUT2D eigenvalue weighted by Crippen LogP contribution is 2.11. The molecule has 0 N–H and O–H groups in total. The van der Waals surface area contributed by atoms with E-state index < -0.39 is 0 Å². The normalized spacial score (nSPS) is 9.20. The summed E-state index contributed by atoms with van der Waals surface area (Å²) in [4.78, 5) is 0. The first kappa shape index (κ1) is 12.0. The maximum Gasteiger partial charge on any atom is 0.119 e. The molecule has 0 aliphatic rings. The maximum absolute atomic E-state index is 5.42. The number of rotatable bonds is 4. The molecular weight excluding hydrogens is 208 g/mol. The van der Waals surface area contributed by atoms with Crippen molar-refractivity contribution in [2.24, 2.45) is 0 Å². The van der Waals surface area contributed by atoms with Crippen molar-refractivity contribution in [3.05, 3.63) is 29.8 Å². The van der Waals surface area contributed by atoms with Crippen molar-refractivity contribution < 1.29 is 9.47 Å². The van der Waals surface area contributed by atoms with E-state index in [2.05, 4.69) is 24.5 Å². The SMILES string of the molecule is COCCOc1ccc(C#CCS)cc1. The van der Waals surface area contributed by atoms with Crippen molar-refractivity contribution in [2.75, 3.05) is 26.1 Å². The predicted octanol–water partition coefficient (Wildman–Crippen LogP) is 1.99. The van der Waals surface area contributed by atoms with E-state index in [1.54, 1.807) is 7.11 Å².